The summed E-state index contributed by atoms with van der Waals surface area (Å²) >= 11 is 0. The average Bonchev–Trinajstić information content (AvgIpc) is 2.64. The molecule has 0 aliphatic heterocycles. The summed E-state index contributed by atoms with van der Waals surface area (Å²) < 4.78 is 5.13. The van der Waals surface area contributed by atoms with Gasteiger partial charge >= 0.3 is 18.0 Å². The summed E-state index contributed by atoms with van der Waals surface area (Å²) in [5.41, 5.74) is 2.26. The van der Waals surface area contributed by atoms with Crippen LogP contribution >= 0.6 is 0 Å². The van der Waals surface area contributed by atoms with Gasteiger partial charge in [-0.25, -0.2) is 20.0 Å². The molecular formula is C20H36N2O7Si. The number of carboxylic acids is 2. The lowest BCUT2D eigenvalue weighted by Crippen LogP contribution is -2.55. The van der Waals surface area contributed by atoms with Gasteiger partial charge in [-0.3, -0.25) is 9.59 Å². The van der Waals surface area contributed by atoms with Crippen molar-refractivity contribution in [3.05, 3.63) is 0 Å². The standard InChI is InChI=1S/C20H36N2O7Si/c1-30(2,3)14-13-29-20(28)21-22(16(19(26)27)10-12-18(24)25)17(23)11-9-15-7-5-4-6-8-15/h15-16H,4-14H2,1-3H3,(H,21,28)(H,24,25)(H,26,27)/t16-/m0/s1. The van der Waals surface area contributed by atoms with E-state index >= 15 is 0 Å². The molecule has 1 fully saturated rings. The summed E-state index contributed by atoms with van der Waals surface area (Å²) in [5.74, 6) is -2.67. The smallest absolute Gasteiger partial charge is 0.426 e. The van der Waals surface area contributed by atoms with Crippen LogP contribution in [0.2, 0.25) is 25.7 Å². The quantitative estimate of drug-likeness (QED) is 0.328. The maximum atomic E-state index is 12.8. The minimum atomic E-state index is -1.47. The number of carboxylic acid groups (broad SMARTS) is 2. The largest absolute Gasteiger partial charge is 0.481 e. The second-order valence-corrected chi connectivity index (χ2v) is 14.8. The lowest BCUT2D eigenvalue weighted by molar-refractivity contribution is -0.154. The van der Waals surface area contributed by atoms with Crippen molar-refractivity contribution < 1.29 is 34.1 Å². The molecule has 1 atom stereocenters. The molecule has 0 aromatic carbocycles. The van der Waals surface area contributed by atoms with Gasteiger partial charge in [-0.05, 0) is 24.8 Å². The molecule has 10 heteroatoms. The molecule has 30 heavy (non-hydrogen) atoms. The third kappa shape index (κ3) is 10.6. The molecule has 0 aromatic rings. The molecule has 0 unspecified atom stereocenters. The van der Waals surface area contributed by atoms with Gasteiger partial charge < -0.3 is 14.9 Å². The zero-order valence-electron chi connectivity index (χ0n) is 18.3. The van der Waals surface area contributed by atoms with Crippen LogP contribution < -0.4 is 5.43 Å². The second-order valence-electron chi connectivity index (χ2n) is 9.15. The highest BCUT2D eigenvalue weighted by molar-refractivity contribution is 6.76. The molecule has 172 valence electrons. The minimum absolute atomic E-state index is 0.0940. The molecule has 0 aromatic heterocycles. The highest BCUT2D eigenvalue weighted by Crippen LogP contribution is 2.27. The Balaban J connectivity index is 2.79. The van der Waals surface area contributed by atoms with Crippen LogP contribution in [-0.4, -0.2) is 59.9 Å². The Bertz CT molecular complexity index is 600. The van der Waals surface area contributed by atoms with E-state index in [0.29, 0.717) is 12.3 Å². The van der Waals surface area contributed by atoms with Gasteiger partial charge in [-0.2, -0.15) is 0 Å². The Morgan fingerprint density at radius 1 is 1.07 bits per heavy atom. The lowest BCUT2D eigenvalue weighted by atomic mass is 9.86. The van der Waals surface area contributed by atoms with E-state index in [-0.39, 0.29) is 19.4 Å². The molecule has 1 aliphatic carbocycles. The van der Waals surface area contributed by atoms with Crippen molar-refractivity contribution in [2.45, 2.75) is 89.5 Å². The topological polar surface area (TPSA) is 133 Å². The number of nitrogens with zero attached hydrogens (tertiary/aromatic N) is 1. The van der Waals surface area contributed by atoms with E-state index in [1.54, 1.807) is 0 Å². The predicted octanol–water partition coefficient (Wildman–Crippen LogP) is 3.47. The predicted molar refractivity (Wildman–Crippen MR) is 114 cm³/mol. The van der Waals surface area contributed by atoms with E-state index in [1.165, 1.54) is 6.42 Å². The number of hydrogen-bond acceptors (Lipinski definition) is 5. The number of aliphatic carboxylic acids is 2. The molecule has 3 N–H and O–H groups in total. The first-order valence-corrected chi connectivity index (χ1v) is 14.4. The summed E-state index contributed by atoms with van der Waals surface area (Å²) in [6.07, 6.45) is 4.59. The second kappa shape index (κ2) is 12.6. The van der Waals surface area contributed by atoms with Gasteiger partial charge in [0.1, 0.15) is 0 Å². The number of amides is 2. The van der Waals surface area contributed by atoms with Crippen LogP contribution in [0.4, 0.5) is 4.79 Å². The fourth-order valence-corrected chi connectivity index (χ4v) is 4.16. The SMILES string of the molecule is C[Si](C)(C)CCOC(=O)NN(C(=O)CCC1CCCCC1)[C@@H](CCC(=O)O)C(=O)O. The van der Waals surface area contributed by atoms with Gasteiger partial charge in [0.05, 0.1) is 6.61 Å². The van der Waals surface area contributed by atoms with E-state index in [2.05, 4.69) is 25.1 Å². The zero-order valence-corrected chi connectivity index (χ0v) is 19.3. The van der Waals surface area contributed by atoms with Crippen molar-refractivity contribution in [3.8, 4) is 0 Å². The molecule has 1 saturated carbocycles. The summed E-state index contributed by atoms with van der Waals surface area (Å²) in [7, 11) is -1.43. The van der Waals surface area contributed by atoms with Crippen LogP contribution in [0.15, 0.2) is 0 Å². The van der Waals surface area contributed by atoms with Gasteiger partial charge in [0.15, 0.2) is 6.04 Å². The molecule has 0 bridgehead atoms. The third-order valence-corrected chi connectivity index (χ3v) is 6.99. The van der Waals surface area contributed by atoms with Gasteiger partial charge in [0.2, 0.25) is 5.91 Å². The third-order valence-electron chi connectivity index (χ3n) is 5.29. The number of nitrogens with one attached hydrogen (secondary N) is 1. The molecule has 0 radical (unpaired) electrons. The number of carbonyl (C=O) groups excluding carboxylic acids is 2. The van der Waals surface area contributed by atoms with E-state index in [9.17, 15) is 24.3 Å². The van der Waals surface area contributed by atoms with Crippen LogP contribution in [0.25, 0.3) is 0 Å². The monoisotopic (exact) mass is 444 g/mol. The first kappa shape index (κ1) is 25.9. The van der Waals surface area contributed by atoms with Gasteiger partial charge in [-0.15, -0.1) is 0 Å². The van der Waals surface area contributed by atoms with E-state index in [0.717, 1.165) is 36.7 Å². The Kier molecular flexibility index (Phi) is 10.9. The summed E-state index contributed by atoms with van der Waals surface area (Å²) in [6, 6.07) is -0.735. The van der Waals surface area contributed by atoms with E-state index in [4.69, 9.17) is 9.84 Å². The first-order valence-electron chi connectivity index (χ1n) is 10.7. The molecular weight excluding hydrogens is 408 g/mol. The Labute approximate surface area is 179 Å². The normalized spacial score (nSPS) is 15.8. The number of ether oxygens (including phenoxy) is 1. The maximum absolute atomic E-state index is 12.8. The number of hydrogen-bond donors (Lipinski definition) is 3. The molecule has 2 amide bonds. The van der Waals surface area contributed by atoms with Crippen molar-refractivity contribution in [3.63, 3.8) is 0 Å². The summed E-state index contributed by atoms with van der Waals surface area (Å²) in [4.78, 5) is 47.6. The average molecular weight is 445 g/mol. The summed E-state index contributed by atoms with van der Waals surface area (Å²) in [6.45, 7) is 6.56. The number of hydrazine groups is 1. The highest BCUT2D eigenvalue weighted by Gasteiger charge is 2.32. The van der Waals surface area contributed by atoms with Crippen LogP contribution in [0.1, 0.15) is 57.8 Å². The van der Waals surface area contributed by atoms with Gasteiger partial charge in [-0.1, -0.05) is 51.7 Å². The zero-order chi connectivity index (χ0) is 22.7. The van der Waals surface area contributed by atoms with Crippen molar-refractivity contribution in [1.82, 2.24) is 10.4 Å². The van der Waals surface area contributed by atoms with Crippen LogP contribution in [0, 0.1) is 5.92 Å². The molecule has 0 spiro atoms. The lowest BCUT2D eigenvalue weighted by Gasteiger charge is -2.29. The summed E-state index contributed by atoms with van der Waals surface area (Å²) in [5, 5.41) is 19.2. The van der Waals surface area contributed by atoms with Crippen molar-refractivity contribution in [2.75, 3.05) is 6.61 Å². The van der Waals surface area contributed by atoms with Gasteiger partial charge in [0.25, 0.3) is 0 Å². The van der Waals surface area contributed by atoms with Crippen LogP contribution in [0.3, 0.4) is 0 Å². The number of carbonyl (C=O) groups is 4. The number of rotatable bonds is 11. The van der Waals surface area contributed by atoms with Crippen molar-refractivity contribution in [1.29, 1.82) is 0 Å². The fourth-order valence-electron chi connectivity index (χ4n) is 3.44. The Morgan fingerprint density at radius 2 is 1.70 bits per heavy atom. The van der Waals surface area contributed by atoms with Gasteiger partial charge in [0, 0.05) is 20.9 Å². The van der Waals surface area contributed by atoms with Crippen molar-refractivity contribution in [2.24, 2.45) is 5.92 Å². The molecule has 1 aliphatic rings. The van der Waals surface area contributed by atoms with Crippen LogP contribution in [0.5, 0.6) is 0 Å². The Hall–Kier alpha value is -2.10. The minimum Gasteiger partial charge on any atom is -0.481 e. The molecule has 9 nitrogen and oxygen atoms in total. The molecule has 1 rings (SSSR count). The molecule has 0 heterocycles. The Morgan fingerprint density at radius 3 is 2.23 bits per heavy atom. The van der Waals surface area contributed by atoms with E-state index < -0.39 is 44.5 Å². The van der Waals surface area contributed by atoms with Crippen molar-refractivity contribution >= 4 is 32.0 Å². The van der Waals surface area contributed by atoms with E-state index in [1.807, 2.05) is 0 Å². The molecule has 0 saturated heterocycles. The maximum Gasteiger partial charge on any atom is 0.426 e. The highest BCUT2D eigenvalue weighted by atomic mass is 28.3. The van der Waals surface area contributed by atoms with Crippen LogP contribution in [-0.2, 0) is 19.1 Å². The first-order chi connectivity index (χ1) is 14.0. The fraction of sp³-hybridized carbons (Fsp3) is 0.800.